The van der Waals surface area contributed by atoms with Crippen molar-refractivity contribution in [2.24, 2.45) is 7.05 Å². The average Bonchev–Trinajstić information content (AvgIpc) is 3.03. The molecule has 0 aliphatic carbocycles. The van der Waals surface area contributed by atoms with E-state index in [1.54, 1.807) is 4.68 Å². The van der Waals surface area contributed by atoms with Crippen molar-refractivity contribution < 1.29 is 0 Å². The minimum atomic E-state index is 0.758. The molecule has 0 unspecified atom stereocenters. The fourth-order valence-electron chi connectivity index (χ4n) is 4.37. The molecular formula is C23H31ClN6. The monoisotopic (exact) mass is 426 g/mol. The lowest BCUT2D eigenvalue weighted by Gasteiger charge is -2.22. The third-order valence-corrected chi connectivity index (χ3v) is 6.63. The molecule has 0 radical (unpaired) electrons. The molecule has 1 saturated heterocycles. The fourth-order valence-corrected chi connectivity index (χ4v) is 4.60. The second-order valence-electron chi connectivity index (χ2n) is 8.28. The lowest BCUT2D eigenvalue weighted by Crippen LogP contribution is -2.30. The van der Waals surface area contributed by atoms with Gasteiger partial charge in [-0.2, -0.15) is 10.2 Å². The van der Waals surface area contributed by atoms with Crippen molar-refractivity contribution in [3.8, 4) is 5.69 Å². The van der Waals surface area contributed by atoms with Gasteiger partial charge in [0.2, 0.25) is 0 Å². The SMILES string of the molecule is Cc1nn(C)c(Cl)c1CN1CCCN(Cc2c(C)nn(-c3ccccc3)c2C)CC1. The van der Waals surface area contributed by atoms with E-state index in [0.717, 1.165) is 73.5 Å². The predicted octanol–water partition coefficient (Wildman–Crippen LogP) is 3.89. The van der Waals surface area contributed by atoms with Crippen molar-refractivity contribution in [3.05, 3.63) is 63.7 Å². The first-order valence-electron chi connectivity index (χ1n) is 10.7. The van der Waals surface area contributed by atoms with Gasteiger partial charge in [-0.25, -0.2) is 4.68 Å². The number of nitrogens with zero attached hydrogens (tertiary/aromatic N) is 6. The van der Waals surface area contributed by atoms with Gasteiger partial charge >= 0.3 is 0 Å². The van der Waals surface area contributed by atoms with E-state index < -0.39 is 0 Å². The molecule has 0 atom stereocenters. The lowest BCUT2D eigenvalue weighted by atomic mass is 10.1. The summed E-state index contributed by atoms with van der Waals surface area (Å²) in [5.74, 6) is 0. The molecule has 0 N–H and O–H groups in total. The van der Waals surface area contributed by atoms with Gasteiger partial charge in [0.15, 0.2) is 0 Å². The topological polar surface area (TPSA) is 42.1 Å². The van der Waals surface area contributed by atoms with Crippen LogP contribution >= 0.6 is 11.6 Å². The molecule has 3 heterocycles. The molecule has 1 aromatic carbocycles. The fraction of sp³-hybridized carbons (Fsp3) is 0.478. The third kappa shape index (κ3) is 4.31. The van der Waals surface area contributed by atoms with Gasteiger partial charge in [0.1, 0.15) is 5.15 Å². The Morgan fingerprint density at radius 2 is 1.43 bits per heavy atom. The van der Waals surface area contributed by atoms with Crippen LogP contribution in [-0.2, 0) is 20.1 Å². The summed E-state index contributed by atoms with van der Waals surface area (Å²) in [7, 11) is 1.91. The smallest absolute Gasteiger partial charge is 0.131 e. The van der Waals surface area contributed by atoms with Crippen molar-refractivity contribution >= 4 is 11.6 Å². The molecule has 0 spiro atoms. The Labute approximate surface area is 184 Å². The largest absolute Gasteiger partial charge is 0.298 e. The first-order valence-corrected chi connectivity index (χ1v) is 11.0. The van der Waals surface area contributed by atoms with Crippen LogP contribution < -0.4 is 0 Å². The van der Waals surface area contributed by atoms with Crippen LogP contribution in [-0.4, -0.2) is 55.5 Å². The molecule has 0 saturated carbocycles. The van der Waals surface area contributed by atoms with E-state index in [0.29, 0.717) is 0 Å². The summed E-state index contributed by atoms with van der Waals surface area (Å²) in [6.45, 7) is 12.4. The standard InChI is InChI=1S/C23H31ClN6/c1-17-21(19(3)30(26-17)20-9-6-5-7-10-20)15-28-11-8-12-29(14-13-28)16-22-18(2)25-27(4)23(22)24/h5-7,9-10H,8,11-16H2,1-4H3. The molecule has 6 nitrogen and oxygen atoms in total. The number of benzene rings is 1. The zero-order chi connectivity index (χ0) is 21.3. The molecular weight excluding hydrogens is 396 g/mol. The average molecular weight is 427 g/mol. The van der Waals surface area contributed by atoms with Crippen LogP contribution in [0.1, 0.15) is 34.6 Å². The number of aromatic nitrogens is 4. The van der Waals surface area contributed by atoms with E-state index in [-0.39, 0.29) is 0 Å². The van der Waals surface area contributed by atoms with Crippen LogP contribution in [0.15, 0.2) is 30.3 Å². The van der Waals surface area contributed by atoms with Gasteiger partial charge in [-0.3, -0.25) is 14.5 Å². The highest BCUT2D eigenvalue weighted by molar-refractivity contribution is 6.30. The van der Waals surface area contributed by atoms with Gasteiger partial charge in [-0.05, 0) is 52.4 Å². The highest BCUT2D eigenvalue weighted by Crippen LogP contribution is 2.23. The van der Waals surface area contributed by atoms with Crippen LogP contribution in [0.4, 0.5) is 0 Å². The number of halogens is 1. The van der Waals surface area contributed by atoms with Gasteiger partial charge in [-0.15, -0.1) is 0 Å². The number of aryl methyl sites for hydroxylation is 3. The van der Waals surface area contributed by atoms with E-state index in [1.165, 1.54) is 11.3 Å². The molecule has 3 aromatic rings. The second-order valence-corrected chi connectivity index (χ2v) is 8.64. The first kappa shape index (κ1) is 21.1. The van der Waals surface area contributed by atoms with Crippen LogP contribution in [0.5, 0.6) is 0 Å². The number of hydrogen-bond acceptors (Lipinski definition) is 4. The maximum atomic E-state index is 6.45. The molecule has 160 valence electrons. The van der Waals surface area contributed by atoms with Crippen LogP contribution in [0, 0.1) is 20.8 Å². The normalized spacial score (nSPS) is 16.2. The molecule has 30 heavy (non-hydrogen) atoms. The summed E-state index contributed by atoms with van der Waals surface area (Å²) < 4.78 is 3.84. The maximum Gasteiger partial charge on any atom is 0.131 e. The minimum absolute atomic E-state index is 0.758. The van der Waals surface area contributed by atoms with Crippen LogP contribution in [0.25, 0.3) is 5.69 Å². The van der Waals surface area contributed by atoms with E-state index >= 15 is 0 Å². The second kappa shape index (κ2) is 8.92. The summed E-state index contributed by atoms with van der Waals surface area (Å²) in [6, 6.07) is 10.4. The summed E-state index contributed by atoms with van der Waals surface area (Å²) in [6.07, 6.45) is 1.15. The summed E-state index contributed by atoms with van der Waals surface area (Å²) in [5, 5.41) is 10.0. The van der Waals surface area contributed by atoms with Crippen molar-refractivity contribution in [1.29, 1.82) is 0 Å². The molecule has 1 aliphatic heterocycles. The molecule has 1 aliphatic rings. The molecule has 0 amide bonds. The molecule has 7 heteroatoms. The van der Waals surface area contributed by atoms with E-state index in [1.807, 2.05) is 20.0 Å². The Morgan fingerprint density at radius 3 is 2.03 bits per heavy atom. The van der Waals surface area contributed by atoms with E-state index in [2.05, 4.69) is 57.7 Å². The van der Waals surface area contributed by atoms with E-state index in [4.69, 9.17) is 16.7 Å². The Balaban J connectivity index is 1.43. The quantitative estimate of drug-likeness (QED) is 0.620. The van der Waals surface area contributed by atoms with Crippen molar-refractivity contribution in [2.45, 2.75) is 40.3 Å². The third-order valence-electron chi connectivity index (χ3n) is 6.16. The van der Waals surface area contributed by atoms with Gasteiger partial charge < -0.3 is 0 Å². The Hall–Kier alpha value is -2.15. The maximum absolute atomic E-state index is 6.45. The lowest BCUT2D eigenvalue weighted by molar-refractivity contribution is 0.246. The molecule has 1 fully saturated rings. The molecule has 2 aromatic heterocycles. The zero-order valence-electron chi connectivity index (χ0n) is 18.4. The number of para-hydroxylation sites is 1. The van der Waals surface area contributed by atoms with Gasteiger partial charge in [0.25, 0.3) is 0 Å². The van der Waals surface area contributed by atoms with Gasteiger partial charge in [-0.1, -0.05) is 29.8 Å². The van der Waals surface area contributed by atoms with Crippen molar-refractivity contribution in [1.82, 2.24) is 29.4 Å². The Kier molecular flexibility index (Phi) is 6.27. The number of rotatable bonds is 5. The summed E-state index contributed by atoms with van der Waals surface area (Å²) in [4.78, 5) is 5.06. The van der Waals surface area contributed by atoms with Gasteiger partial charge in [0, 0.05) is 50.0 Å². The highest BCUT2D eigenvalue weighted by atomic mass is 35.5. The first-order chi connectivity index (χ1) is 14.4. The number of hydrogen-bond donors (Lipinski definition) is 0. The Bertz CT molecular complexity index is 1010. The van der Waals surface area contributed by atoms with E-state index in [9.17, 15) is 0 Å². The zero-order valence-corrected chi connectivity index (χ0v) is 19.2. The van der Waals surface area contributed by atoms with Crippen LogP contribution in [0.2, 0.25) is 5.15 Å². The van der Waals surface area contributed by atoms with Gasteiger partial charge in [0.05, 0.1) is 17.1 Å². The molecule has 4 rings (SSSR count). The van der Waals surface area contributed by atoms with Crippen molar-refractivity contribution in [3.63, 3.8) is 0 Å². The minimum Gasteiger partial charge on any atom is -0.298 e. The Morgan fingerprint density at radius 1 is 0.833 bits per heavy atom. The predicted molar refractivity (Wildman–Crippen MR) is 121 cm³/mol. The van der Waals surface area contributed by atoms with Crippen LogP contribution in [0.3, 0.4) is 0 Å². The summed E-state index contributed by atoms with van der Waals surface area (Å²) in [5.41, 5.74) is 7.01. The van der Waals surface area contributed by atoms with Crippen molar-refractivity contribution in [2.75, 3.05) is 26.2 Å². The molecule has 0 bridgehead atoms. The summed E-state index contributed by atoms with van der Waals surface area (Å²) >= 11 is 6.45. The highest BCUT2D eigenvalue weighted by Gasteiger charge is 2.21.